The summed E-state index contributed by atoms with van der Waals surface area (Å²) in [6.07, 6.45) is 8.56. The molecule has 0 radical (unpaired) electrons. The van der Waals surface area contributed by atoms with Gasteiger partial charge in [0.15, 0.2) is 0 Å². The first kappa shape index (κ1) is 18.2. The Balaban J connectivity index is 1.56. The summed E-state index contributed by atoms with van der Waals surface area (Å²) in [7, 11) is 4.44. The minimum absolute atomic E-state index is 0.00977. The van der Waals surface area contributed by atoms with Crippen LogP contribution in [0.3, 0.4) is 0 Å². The van der Waals surface area contributed by atoms with E-state index < -0.39 is 0 Å². The number of carbonyl (C=O) groups is 1. The normalized spacial score (nSPS) is 19.2. The quantitative estimate of drug-likeness (QED) is 0.823. The van der Waals surface area contributed by atoms with Crippen molar-refractivity contribution in [2.24, 2.45) is 0 Å². The van der Waals surface area contributed by atoms with Crippen LogP contribution < -0.4 is 10.2 Å². The van der Waals surface area contributed by atoms with Crippen molar-refractivity contribution in [2.75, 3.05) is 20.6 Å². The summed E-state index contributed by atoms with van der Waals surface area (Å²) < 4.78 is 1.82. The summed E-state index contributed by atoms with van der Waals surface area (Å²) in [5, 5.41) is 8.01. The zero-order chi connectivity index (χ0) is 18.9. The van der Waals surface area contributed by atoms with Crippen LogP contribution in [0, 0.1) is 0 Å². The molecule has 0 atom stereocenters. The number of amides is 1. The molecule has 2 aromatic rings. The third-order valence-electron chi connectivity index (χ3n) is 6.42. The van der Waals surface area contributed by atoms with E-state index in [0.29, 0.717) is 11.6 Å². The second-order valence-electron chi connectivity index (χ2n) is 8.50. The number of quaternary nitrogens is 1. The molecule has 1 amide bonds. The fraction of sp³-hybridized carbons (Fsp3) is 0.545. The lowest BCUT2D eigenvalue weighted by atomic mass is 9.80. The number of hydrogen-bond acceptors (Lipinski definition) is 2. The molecule has 1 aromatic carbocycles. The maximum absolute atomic E-state index is 13.1. The minimum Gasteiger partial charge on any atom is -0.344 e. The van der Waals surface area contributed by atoms with Crippen LogP contribution in [0.1, 0.15) is 67.0 Å². The van der Waals surface area contributed by atoms with E-state index in [0.717, 1.165) is 17.9 Å². The van der Waals surface area contributed by atoms with Gasteiger partial charge in [-0.05, 0) is 43.9 Å². The largest absolute Gasteiger partial charge is 0.344 e. The van der Waals surface area contributed by atoms with Gasteiger partial charge in [-0.1, -0.05) is 24.6 Å². The summed E-state index contributed by atoms with van der Waals surface area (Å²) in [5.41, 5.74) is 2.81. The van der Waals surface area contributed by atoms with Crippen LogP contribution in [-0.4, -0.2) is 41.9 Å². The monoisotopic (exact) mass is 367 g/mol. The van der Waals surface area contributed by atoms with E-state index in [1.165, 1.54) is 49.8 Å². The highest BCUT2D eigenvalue weighted by Crippen LogP contribution is 2.39. The van der Waals surface area contributed by atoms with E-state index >= 15 is 0 Å². The van der Waals surface area contributed by atoms with Gasteiger partial charge < -0.3 is 10.2 Å². The first-order chi connectivity index (χ1) is 13.1. The number of rotatable bonds is 6. The Labute approximate surface area is 161 Å². The first-order valence-corrected chi connectivity index (χ1v) is 10.3. The van der Waals surface area contributed by atoms with E-state index in [1.54, 1.807) is 0 Å². The van der Waals surface area contributed by atoms with E-state index in [4.69, 9.17) is 5.10 Å². The van der Waals surface area contributed by atoms with Gasteiger partial charge in [-0.25, -0.2) is 4.68 Å². The third-order valence-corrected chi connectivity index (χ3v) is 6.42. The summed E-state index contributed by atoms with van der Waals surface area (Å²) in [4.78, 5) is 14.6. The van der Waals surface area contributed by atoms with E-state index in [9.17, 15) is 4.79 Å². The Bertz CT molecular complexity index is 786. The number of benzene rings is 1. The minimum atomic E-state index is -0.00977. The van der Waals surface area contributed by atoms with E-state index in [1.807, 2.05) is 41.1 Å². The van der Waals surface area contributed by atoms with E-state index in [2.05, 4.69) is 19.4 Å². The van der Waals surface area contributed by atoms with Crippen molar-refractivity contribution in [3.05, 3.63) is 47.8 Å². The topological polar surface area (TPSA) is 51.4 Å². The molecular weight excluding hydrogens is 336 g/mol. The number of hydrogen-bond donors (Lipinski definition) is 2. The predicted octanol–water partition coefficient (Wildman–Crippen LogP) is 2.33. The molecule has 0 saturated heterocycles. The van der Waals surface area contributed by atoms with Crippen molar-refractivity contribution in [1.29, 1.82) is 0 Å². The second-order valence-corrected chi connectivity index (χ2v) is 8.50. The molecule has 1 heterocycles. The molecule has 144 valence electrons. The van der Waals surface area contributed by atoms with Crippen LogP contribution in [-0.2, 0) is 0 Å². The Hall–Kier alpha value is -2.14. The number of likely N-dealkylation sites (N-methyl/N-ethyl adjacent to an activating group) is 1. The van der Waals surface area contributed by atoms with Crippen LogP contribution >= 0.6 is 0 Å². The van der Waals surface area contributed by atoms with Gasteiger partial charge in [0.1, 0.15) is 11.2 Å². The Morgan fingerprint density at radius 1 is 1.19 bits per heavy atom. The lowest BCUT2D eigenvalue weighted by molar-refractivity contribution is -0.916. The molecule has 0 bridgehead atoms. The van der Waals surface area contributed by atoms with Crippen molar-refractivity contribution in [1.82, 2.24) is 15.1 Å². The van der Waals surface area contributed by atoms with Gasteiger partial charge in [-0.15, -0.1) is 0 Å². The molecule has 5 heteroatoms. The fourth-order valence-corrected chi connectivity index (χ4v) is 4.33. The van der Waals surface area contributed by atoms with Crippen LogP contribution in [0.5, 0.6) is 0 Å². The van der Waals surface area contributed by atoms with Gasteiger partial charge in [-0.3, -0.25) is 4.79 Å². The Kier molecular flexibility index (Phi) is 5.04. The summed E-state index contributed by atoms with van der Waals surface area (Å²) >= 11 is 0. The third kappa shape index (κ3) is 3.79. The Morgan fingerprint density at radius 3 is 2.52 bits per heavy atom. The molecule has 0 aliphatic heterocycles. The molecule has 1 aromatic heterocycles. The van der Waals surface area contributed by atoms with Crippen LogP contribution in [0.2, 0.25) is 0 Å². The molecule has 2 aliphatic rings. The van der Waals surface area contributed by atoms with Gasteiger partial charge in [-0.2, -0.15) is 5.10 Å². The standard InChI is InChI=1S/C22H30N4O/c1-25(2)22(13-7-4-8-14-22)16-23-21(27)20-15-19(17-11-12-17)24-26(20)18-9-5-3-6-10-18/h3,5-6,9-10,15,17H,4,7-8,11-14,16H2,1-2H3,(H,23,27)/p+1. The summed E-state index contributed by atoms with van der Waals surface area (Å²) in [6.45, 7) is 0.729. The SMILES string of the molecule is C[NH+](C)C1(CNC(=O)c2cc(C3CC3)nn2-c2ccccc2)CCCCC1. The van der Waals surface area contributed by atoms with Gasteiger partial charge in [0.2, 0.25) is 0 Å². The van der Waals surface area contributed by atoms with Crippen LogP contribution in [0.15, 0.2) is 36.4 Å². The van der Waals surface area contributed by atoms with Crippen molar-refractivity contribution < 1.29 is 9.69 Å². The lowest BCUT2D eigenvalue weighted by Crippen LogP contribution is -3.16. The maximum atomic E-state index is 13.1. The number of nitrogens with one attached hydrogen (secondary N) is 2. The highest BCUT2D eigenvalue weighted by Gasteiger charge is 2.38. The first-order valence-electron chi connectivity index (χ1n) is 10.3. The molecule has 27 heavy (non-hydrogen) atoms. The van der Waals surface area contributed by atoms with Crippen molar-refractivity contribution in [3.8, 4) is 5.69 Å². The van der Waals surface area contributed by atoms with Crippen LogP contribution in [0.25, 0.3) is 5.69 Å². The van der Waals surface area contributed by atoms with Gasteiger partial charge in [0.05, 0.1) is 32.0 Å². The highest BCUT2D eigenvalue weighted by atomic mass is 16.2. The van der Waals surface area contributed by atoms with Crippen molar-refractivity contribution >= 4 is 5.91 Å². The number of aromatic nitrogens is 2. The van der Waals surface area contributed by atoms with Crippen molar-refractivity contribution in [3.63, 3.8) is 0 Å². The molecular formula is C22H31N4O+. The number of nitrogens with zero attached hydrogens (tertiary/aromatic N) is 2. The van der Waals surface area contributed by atoms with Crippen LogP contribution in [0.4, 0.5) is 0 Å². The Morgan fingerprint density at radius 2 is 1.89 bits per heavy atom. The fourth-order valence-electron chi connectivity index (χ4n) is 4.33. The predicted molar refractivity (Wildman–Crippen MR) is 106 cm³/mol. The molecule has 4 rings (SSSR count). The number of carbonyl (C=O) groups excluding carboxylic acids is 1. The summed E-state index contributed by atoms with van der Waals surface area (Å²) in [6, 6.07) is 12.0. The average molecular weight is 368 g/mol. The molecule has 5 nitrogen and oxygen atoms in total. The second kappa shape index (κ2) is 7.47. The number of para-hydroxylation sites is 1. The molecule has 0 unspecified atom stereocenters. The molecule has 0 spiro atoms. The highest BCUT2D eigenvalue weighted by molar-refractivity contribution is 5.93. The van der Waals surface area contributed by atoms with Crippen molar-refractivity contribution in [2.45, 2.75) is 56.4 Å². The van der Waals surface area contributed by atoms with Gasteiger partial charge in [0.25, 0.3) is 5.91 Å². The maximum Gasteiger partial charge on any atom is 0.270 e. The van der Waals surface area contributed by atoms with Gasteiger partial charge >= 0.3 is 0 Å². The zero-order valence-corrected chi connectivity index (χ0v) is 16.5. The van der Waals surface area contributed by atoms with E-state index in [-0.39, 0.29) is 11.4 Å². The average Bonchev–Trinajstić information content (AvgIpc) is 3.46. The van der Waals surface area contributed by atoms with Gasteiger partial charge in [0, 0.05) is 18.8 Å². The zero-order valence-electron chi connectivity index (χ0n) is 16.5. The lowest BCUT2D eigenvalue weighted by Gasteiger charge is -2.39. The molecule has 2 saturated carbocycles. The summed E-state index contributed by atoms with van der Waals surface area (Å²) in [5.74, 6) is 0.516. The smallest absolute Gasteiger partial charge is 0.270 e. The molecule has 2 aliphatic carbocycles. The molecule has 2 fully saturated rings. The molecule has 2 N–H and O–H groups in total.